The van der Waals surface area contributed by atoms with E-state index < -0.39 is 102 Å². The molecule has 8 N–H and O–H groups in total. The van der Waals surface area contributed by atoms with E-state index in [2.05, 4.69) is 15.6 Å². The lowest BCUT2D eigenvalue weighted by atomic mass is 9.82. The third-order valence-corrected chi connectivity index (χ3v) is 17.8. The molecule has 26 heteroatoms. The third kappa shape index (κ3) is 20.0. The summed E-state index contributed by atoms with van der Waals surface area (Å²) in [5, 5.41) is 48.5. The number of hydrogen-bond acceptors (Lipinski definition) is 20. The number of ketones is 2. The fourth-order valence-electron chi connectivity index (χ4n) is 11.7. The van der Waals surface area contributed by atoms with Crippen LogP contribution >= 0.6 is 11.3 Å². The van der Waals surface area contributed by atoms with Gasteiger partial charge in [0, 0.05) is 106 Å². The zero-order valence-electron chi connectivity index (χ0n) is 51.7. The maximum atomic E-state index is 15.0. The Hall–Kier alpha value is -7.42. The van der Waals surface area contributed by atoms with Gasteiger partial charge in [0.15, 0.2) is 11.9 Å². The van der Waals surface area contributed by atoms with Gasteiger partial charge in [-0.2, -0.15) is 9.59 Å². The van der Waals surface area contributed by atoms with E-state index in [4.69, 9.17) is 29.5 Å². The number of nitrogens with zero attached hydrogens (tertiary/aromatic N) is 4. The van der Waals surface area contributed by atoms with Crippen molar-refractivity contribution in [3.63, 3.8) is 0 Å². The van der Waals surface area contributed by atoms with Gasteiger partial charge in [-0.15, -0.1) is 11.3 Å². The molecule has 3 aliphatic rings. The summed E-state index contributed by atoms with van der Waals surface area (Å²) < 4.78 is 17.8. The summed E-state index contributed by atoms with van der Waals surface area (Å²) in [4.78, 5) is 143. The smallest absolute Gasteiger partial charge is 0.373 e. The van der Waals surface area contributed by atoms with E-state index >= 15 is 9.59 Å². The molecule has 2 aromatic carbocycles. The predicted molar refractivity (Wildman–Crippen MR) is 320 cm³/mol. The Morgan fingerprint density at radius 3 is 2.25 bits per heavy atom. The topological polar surface area (TPSA) is 366 Å². The van der Waals surface area contributed by atoms with Gasteiger partial charge in [-0.25, -0.2) is 4.98 Å². The molecule has 0 bridgehead atoms. The van der Waals surface area contributed by atoms with E-state index in [9.17, 15) is 54.0 Å². The number of imide groups is 1. The number of piperidine rings is 1. The minimum atomic E-state index is -1.64. The van der Waals surface area contributed by atoms with Crippen LogP contribution in [0.15, 0.2) is 66.1 Å². The van der Waals surface area contributed by atoms with Crippen LogP contribution < -0.4 is 21.1 Å². The number of nitrogens with two attached hydrogens (primary N) is 1. The number of benzene rings is 2. The van der Waals surface area contributed by atoms with Gasteiger partial charge in [0.25, 0.3) is 17.7 Å². The van der Waals surface area contributed by atoms with Gasteiger partial charge in [-0.3, -0.25) is 48.1 Å². The molecule has 13 atom stereocenters. The Balaban J connectivity index is 0.00000471. The number of quaternary nitrogens is 1. The SMILES string of the molecule is CC[C@H](C)[C@H](CC(=O)[C@H]1CCCC[N+]1(C)Cc1ccc(O[C@@H]2OCC(O)[C@H](O)C2O)c(CC(=O)CCNC(=O)[C@H](CN)N2C(=O)C=CC2=O)c1)C(=O)N(C)[C@@H](C[C@H](OC(C)=O)c1nc(C(=O)N[C@@H](Cc2ccccc2)C[C@H](C)C(=O)O)cs1)C(C)C.O=C=O. The molecule has 4 heterocycles. The van der Waals surface area contributed by atoms with Crippen LogP contribution in [0, 0.1) is 23.7 Å². The van der Waals surface area contributed by atoms with Gasteiger partial charge >= 0.3 is 18.1 Å². The molecular formula is C63H86N7O18S+. The lowest BCUT2D eigenvalue weighted by molar-refractivity contribution is -0.941. The summed E-state index contributed by atoms with van der Waals surface area (Å²) >= 11 is 1.13. The van der Waals surface area contributed by atoms with Gasteiger partial charge in [0.05, 0.1) is 26.1 Å². The number of aliphatic carboxylic acids is 1. The number of aliphatic hydroxyl groups excluding tert-OH is 3. The number of aliphatic hydroxyl groups is 3. The van der Waals surface area contributed by atoms with Gasteiger partial charge in [0.2, 0.25) is 18.1 Å². The van der Waals surface area contributed by atoms with Crippen molar-refractivity contribution in [2.24, 2.45) is 29.4 Å². The molecule has 486 valence electrons. The number of carboxylic acid groups (broad SMARTS) is 1. The molecule has 2 saturated heterocycles. The zero-order chi connectivity index (χ0) is 65.9. The van der Waals surface area contributed by atoms with Gasteiger partial charge in [-0.1, -0.05) is 71.4 Å². The number of nitrogens with one attached hydrogen (secondary N) is 2. The molecule has 3 unspecified atom stereocenters. The number of likely N-dealkylation sites (tertiary alicyclic amines) is 1. The number of rotatable bonds is 31. The van der Waals surface area contributed by atoms with Crippen molar-refractivity contribution in [1.82, 2.24) is 25.4 Å². The highest BCUT2D eigenvalue weighted by Crippen LogP contribution is 2.36. The molecule has 5 amide bonds. The van der Waals surface area contributed by atoms with Crippen molar-refractivity contribution in [2.75, 3.05) is 40.3 Å². The van der Waals surface area contributed by atoms with E-state index in [1.54, 1.807) is 42.5 Å². The Kier molecular flexibility index (Phi) is 27.6. The first-order valence-corrected chi connectivity index (χ1v) is 30.9. The average molecular weight is 1260 g/mol. The van der Waals surface area contributed by atoms with Crippen LogP contribution in [0.3, 0.4) is 0 Å². The van der Waals surface area contributed by atoms with Crippen molar-refractivity contribution in [3.8, 4) is 5.75 Å². The molecule has 0 spiro atoms. The number of ether oxygens (including phenoxy) is 3. The van der Waals surface area contributed by atoms with Crippen LogP contribution in [0.5, 0.6) is 5.75 Å². The van der Waals surface area contributed by atoms with Crippen LogP contribution in [0.2, 0.25) is 0 Å². The van der Waals surface area contributed by atoms with Crippen molar-refractivity contribution >= 4 is 70.5 Å². The standard InChI is InChI=1S/C62H85N7O16S.CO2/c1-9-36(4)44(60(80)67(7)46(35(2)3)30-52(84-38(6)70)59-66-45(34-86-59)57(78)65-42(25-37(5)61(81)82)27-39-15-11-10-12-16-39)29-49(72)48-17-13-14-24-69(48,8)32-40-18-19-51(85-62-56(77)55(76)50(73)33-83-62)41(26-40)28-43(71)22-23-64-58(79)47(31-63)68-53(74)20-21-54(68)75;2-1-3/h10-12,15-16,18-21,26,34-37,42,44,46-48,50,52,55-56,62,73,76-77H,9,13-14,17,22-25,27-33,63H2,1-8H3,(H2-,64,65,78,79,81,82);/p+1/t36-,37-,42+,44-,46-,47-,48+,50?,52-,55-,56?,62-,69?;/m0./s1. The number of Topliss-reactive ketones (excluding diaryl/α,β-unsaturated/α-hetero) is 2. The number of carboxylic acids is 1. The quantitative estimate of drug-likeness (QED) is 0.0276. The van der Waals surface area contributed by atoms with E-state index in [1.807, 2.05) is 65.1 Å². The number of carbonyl (C=O) groups is 9. The largest absolute Gasteiger partial charge is 0.481 e. The first-order valence-electron chi connectivity index (χ1n) is 30.0. The van der Waals surface area contributed by atoms with E-state index in [-0.39, 0.29) is 103 Å². The molecule has 89 heavy (non-hydrogen) atoms. The normalized spacial score (nSPS) is 22.2. The summed E-state index contributed by atoms with van der Waals surface area (Å²) in [7, 11) is 3.69. The van der Waals surface area contributed by atoms with E-state index in [0.717, 1.165) is 52.4 Å². The molecule has 2 fully saturated rings. The fraction of sp³-hybridized carbons (Fsp3) is 0.571. The highest BCUT2D eigenvalue weighted by molar-refractivity contribution is 7.09. The summed E-state index contributed by atoms with van der Waals surface area (Å²) in [6.07, 6.45) is -1.63. The highest BCUT2D eigenvalue weighted by atomic mass is 32.1. The summed E-state index contributed by atoms with van der Waals surface area (Å²) in [6, 6.07) is 11.7. The summed E-state index contributed by atoms with van der Waals surface area (Å²) in [5.74, 6) is -6.55. The van der Waals surface area contributed by atoms with Crippen molar-refractivity contribution in [2.45, 2.75) is 167 Å². The summed E-state index contributed by atoms with van der Waals surface area (Å²) in [6.45, 7) is 10.8. The molecule has 0 aliphatic carbocycles. The molecule has 1 aromatic heterocycles. The number of carbonyl (C=O) groups excluding carboxylic acids is 10. The first-order chi connectivity index (χ1) is 42.2. The lowest BCUT2D eigenvalue weighted by Gasteiger charge is -2.45. The fourth-order valence-corrected chi connectivity index (χ4v) is 12.5. The van der Waals surface area contributed by atoms with Crippen molar-refractivity contribution in [1.29, 1.82) is 0 Å². The molecule has 6 rings (SSSR count). The van der Waals surface area contributed by atoms with Crippen molar-refractivity contribution < 1.29 is 91.9 Å². The number of thiazole rings is 1. The lowest BCUT2D eigenvalue weighted by Crippen LogP contribution is -2.58. The second kappa shape index (κ2) is 34.0. The second-order valence-electron chi connectivity index (χ2n) is 23.8. The maximum absolute atomic E-state index is 15.0. The van der Waals surface area contributed by atoms with E-state index in [1.165, 1.54) is 6.92 Å². The molecule has 0 saturated carbocycles. The Morgan fingerprint density at radius 2 is 1.63 bits per heavy atom. The Labute approximate surface area is 521 Å². The van der Waals surface area contributed by atoms with E-state index in [0.29, 0.717) is 42.9 Å². The number of likely N-dealkylation sites (N-methyl/N-ethyl adjacent to an activating group) is 1. The average Bonchev–Trinajstić information content (AvgIpc) is 3.06. The molecule has 25 nitrogen and oxygen atoms in total. The predicted octanol–water partition coefficient (Wildman–Crippen LogP) is 3.00. The molecule has 3 aliphatic heterocycles. The molecule has 3 aromatic rings. The van der Waals surface area contributed by atoms with Crippen LogP contribution in [0.25, 0.3) is 0 Å². The maximum Gasteiger partial charge on any atom is 0.373 e. The van der Waals surface area contributed by atoms with Crippen LogP contribution in [0.1, 0.15) is 131 Å². The van der Waals surface area contributed by atoms with Crippen LogP contribution in [-0.2, 0) is 76.8 Å². The molecule has 0 radical (unpaired) electrons. The van der Waals surface area contributed by atoms with Crippen molar-refractivity contribution in [3.05, 3.63) is 93.5 Å². The number of esters is 1. The minimum Gasteiger partial charge on any atom is -0.481 e. The number of amides is 5. The van der Waals surface area contributed by atoms with Crippen LogP contribution in [-0.4, -0.2) is 188 Å². The zero-order valence-corrected chi connectivity index (χ0v) is 52.6. The van der Waals surface area contributed by atoms with Gasteiger partial charge in [-0.05, 0) is 61.3 Å². The van der Waals surface area contributed by atoms with Gasteiger partial charge < -0.3 is 60.4 Å². The minimum absolute atomic E-state index is 0.0444. The monoisotopic (exact) mass is 1260 g/mol. The number of aromatic nitrogens is 1. The summed E-state index contributed by atoms with van der Waals surface area (Å²) in [5.41, 5.74) is 7.86. The number of hydrogen-bond donors (Lipinski definition) is 7. The van der Waals surface area contributed by atoms with Gasteiger partial charge in [0.1, 0.15) is 59.2 Å². The van der Waals surface area contributed by atoms with Crippen LogP contribution in [0.4, 0.5) is 0 Å². The first kappa shape index (κ1) is 72.3. The Bertz CT molecular complexity index is 3010. The highest BCUT2D eigenvalue weighted by Gasteiger charge is 2.45. The Morgan fingerprint density at radius 1 is 0.955 bits per heavy atom. The second-order valence-corrected chi connectivity index (χ2v) is 24.7. The molecular weight excluding hydrogens is 1170 g/mol. The third-order valence-electron chi connectivity index (χ3n) is 16.9.